The van der Waals surface area contributed by atoms with Crippen molar-refractivity contribution >= 4 is 287 Å². The van der Waals surface area contributed by atoms with E-state index < -0.39 is 11.6 Å². The first-order valence-corrected chi connectivity index (χ1v) is 52.0. The van der Waals surface area contributed by atoms with Gasteiger partial charge in [0.25, 0.3) is 0 Å². The lowest BCUT2D eigenvalue weighted by molar-refractivity contribution is 0.509. The van der Waals surface area contributed by atoms with Gasteiger partial charge in [0.15, 0.2) is 11.6 Å². The molecule has 0 spiro atoms. The zero-order valence-electron chi connectivity index (χ0n) is 75.8. The van der Waals surface area contributed by atoms with Gasteiger partial charge in [-0.15, -0.1) is 56.7 Å². The monoisotopic (exact) mass is 1900 g/mol. The molecule has 0 radical (unpaired) electrons. The molecule has 0 aliphatic carbocycles. The van der Waals surface area contributed by atoms with Gasteiger partial charge in [0.2, 0.25) is 0 Å². The van der Waals surface area contributed by atoms with E-state index in [0.717, 1.165) is 65.7 Å². The Balaban J connectivity index is 0.000000101. The number of thiophene rings is 5. The molecule has 0 saturated heterocycles. The van der Waals surface area contributed by atoms with Crippen LogP contribution in [0.25, 0.3) is 308 Å². The Morgan fingerprint density at radius 1 is 0.183 bits per heavy atom. The van der Waals surface area contributed by atoms with Crippen molar-refractivity contribution in [1.29, 1.82) is 0 Å². The molecule has 0 N–H and O–H groups in total. The second-order valence-electron chi connectivity index (χ2n) is 37.2. The SMILES string of the molecule is Fc1ccc(-c2c(-c3cccc4c3oc3ccccc34)c3ccc4c5ccccc5sc4c3c3ccccc23)cc1F.c1ccc2cc3c(cc2c1)sc1c3ccc2c(-c3cccc4c3sc3ccccc34)c(-c3ccc4ccc5cccc6ccc3c4c56)c3ccccc3c21.c1cncc(-c2ccc(-c3c(-c4cccc5c4sc4ccccc45)c4ccc5c6ccccc6sc5c4c4ccccc34)cc2)c1. The summed E-state index contributed by atoms with van der Waals surface area (Å²) in [5.74, 6) is -1.73. The van der Waals surface area contributed by atoms with Crippen molar-refractivity contribution in [3.63, 3.8) is 0 Å². The molecule has 0 amide bonds. The third-order valence-corrected chi connectivity index (χ3v) is 35.8. The maximum absolute atomic E-state index is 14.8. The predicted molar refractivity (Wildman–Crippen MR) is 613 cm³/mol. The minimum Gasteiger partial charge on any atom is -0.455 e. The molecule has 0 aliphatic heterocycles. The summed E-state index contributed by atoms with van der Waals surface area (Å²) in [4.78, 5) is 4.36. The van der Waals surface area contributed by atoms with Crippen LogP contribution in [0.4, 0.5) is 8.78 Å². The molecule has 0 aliphatic rings. The molecule has 9 heteroatoms. The summed E-state index contributed by atoms with van der Waals surface area (Å²) in [6, 6.07) is 155. The number of hydrogen-bond acceptors (Lipinski definition) is 7. The van der Waals surface area contributed by atoms with Gasteiger partial charge in [0.1, 0.15) is 11.2 Å². The minimum atomic E-state index is -0.871. The zero-order chi connectivity index (χ0) is 93.2. The van der Waals surface area contributed by atoms with Crippen LogP contribution < -0.4 is 0 Å². The molecule has 0 fully saturated rings. The van der Waals surface area contributed by atoms with Gasteiger partial charge in [-0.1, -0.05) is 370 Å². The average Bonchev–Trinajstić information content (AvgIpc) is 1.17. The largest absolute Gasteiger partial charge is 0.455 e. The van der Waals surface area contributed by atoms with E-state index in [0.29, 0.717) is 5.56 Å². The first-order valence-electron chi connectivity index (χ1n) is 47.9. The Hall–Kier alpha value is -16.7. The van der Waals surface area contributed by atoms with Crippen molar-refractivity contribution < 1.29 is 13.2 Å². The Kier molecular flexibility index (Phi) is 18.3. The second-order valence-corrected chi connectivity index (χ2v) is 42.5. The van der Waals surface area contributed by atoms with E-state index in [4.69, 9.17) is 4.42 Å². The third-order valence-electron chi connectivity index (χ3n) is 29.8. The molecule has 0 unspecified atom stereocenters. The Morgan fingerprint density at radius 3 is 1.11 bits per heavy atom. The normalized spacial score (nSPS) is 12.2. The Bertz CT molecular complexity index is 11000. The quantitative estimate of drug-likeness (QED) is 0.149. The number of hydrogen-bond donors (Lipinski definition) is 0. The van der Waals surface area contributed by atoms with Crippen molar-refractivity contribution in [3.8, 4) is 77.9 Å². The van der Waals surface area contributed by atoms with Gasteiger partial charge in [-0.05, 0) is 208 Å². The summed E-state index contributed by atoms with van der Waals surface area (Å²) in [6.07, 6.45) is 3.76. The van der Waals surface area contributed by atoms with Gasteiger partial charge in [-0.25, -0.2) is 8.78 Å². The van der Waals surface area contributed by atoms with Gasteiger partial charge in [-0.3, -0.25) is 4.98 Å². The Morgan fingerprint density at radius 2 is 0.556 bits per heavy atom. The van der Waals surface area contributed by atoms with Crippen LogP contribution >= 0.6 is 56.7 Å². The number of rotatable bonds is 7. The van der Waals surface area contributed by atoms with Crippen LogP contribution in [-0.2, 0) is 0 Å². The minimum absolute atomic E-state index is 0.617. The molecule has 0 bridgehead atoms. The van der Waals surface area contributed by atoms with Crippen molar-refractivity contribution in [1.82, 2.24) is 4.98 Å². The number of aromatic nitrogens is 1. The van der Waals surface area contributed by atoms with E-state index in [1.54, 1.807) is 17.4 Å². The molecule has 0 saturated carbocycles. The molecule has 7 heterocycles. The van der Waals surface area contributed by atoms with Gasteiger partial charge >= 0.3 is 0 Å². The molecule has 0 atom stereocenters. The highest BCUT2D eigenvalue weighted by atomic mass is 32.1. The van der Waals surface area contributed by atoms with Gasteiger partial charge in [0.05, 0.1) is 0 Å². The lowest BCUT2D eigenvalue weighted by Crippen LogP contribution is -1.94. The fourth-order valence-corrected chi connectivity index (χ4v) is 29.9. The molecule has 142 heavy (non-hydrogen) atoms. The van der Waals surface area contributed by atoms with E-state index in [1.165, 1.54) is 249 Å². The van der Waals surface area contributed by atoms with Gasteiger partial charge in [-0.2, -0.15) is 0 Å². The standard InChI is InChI=1S/C52H28S2.C43H25NS2.C38H20F2OS/c1-2-10-33-28-45-43(27-32(33)9-1)40-25-26-41-49(42-17-8-16-39-34-13-5-6-18-44(34)53-51(39)42)48(35-14-3-4-15-36(35)50(41)52(40)54-45)38-24-22-31-20-19-29-11-7-12-30-21-23-37(38)47(31)46(29)30;1-2-13-32-31(12-1)39(27-20-18-26(19-21-27)28-9-8-24-44-25-28)40(36-15-7-14-33-29-10-3-5-16-37(29)45-42(33)36)35-23-22-34-30-11-4-6-17-38(30)46-43(34)41(32)35;39-30-19-16-21(20-31(30)40)34-24-10-1-2-11-25(24)36-28(18-17-27-23-9-4-6-15-33(23)42-38(27)36)35(34)29-13-7-12-26-22-8-3-5-14-32(22)41-37(26)29/h1-28H;1-25H;1-20H. The van der Waals surface area contributed by atoms with Crippen LogP contribution in [0.3, 0.4) is 0 Å². The van der Waals surface area contributed by atoms with E-state index in [2.05, 4.69) is 375 Å². The number of benzene rings is 25. The Labute approximate surface area is 830 Å². The first-order chi connectivity index (χ1) is 70.3. The van der Waals surface area contributed by atoms with E-state index in [9.17, 15) is 8.78 Å². The highest BCUT2D eigenvalue weighted by molar-refractivity contribution is 7.28. The summed E-state index contributed by atoms with van der Waals surface area (Å²) in [5, 5.41) is 40.3. The average molecular weight is 1900 g/mol. The van der Waals surface area contributed by atoms with Crippen LogP contribution in [0.15, 0.2) is 448 Å². The molecule has 32 rings (SSSR count). The van der Waals surface area contributed by atoms with E-state index >= 15 is 0 Å². The lowest BCUT2D eigenvalue weighted by Gasteiger charge is -2.21. The van der Waals surface area contributed by atoms with E-state index in [-0.39, 0.29) is 0 Å². The fraction of sp³-hybridized carbons (Fsp3) is 0. The van der Waals surface area contributed by atoms with Gasteiger partial charge < -0.3 is 4.42 Å². The van der Waals surface area contributed by atoms with Crippen molar-refractivity contribution in [2.75, 3.05) is 0 Å². The molecular formula is C133H73F2NOS5. The molecule has 32 aromatic rings. The third kappa shape index (κ3) is 12.3. The van der Waals surface area contributed by atoms with E-state index in [1.807, 2.05) is 100 Å². The summed E-state index contributed by atoms with van der Waals surface area (Å²) in [7, 11) is 0. The topological polar surface area (TPSA) is 26.0 Å². The van der Waals surface area contributed by atoms with Gasteiger partial charge in [0, 0.05) is 162 Å². The van der Waals surface area contributed by atoms with Crippen LogP contribution in [0, 0.1) is 11.6 Å². The van der Waals surface area contributed by atoms with Crippen LogP contribution in [0.5, 0.6) is 0 Å². The molecular weight excluding hydrogens is 1830 g/mol. The van der Waals surface area contributed by atoms with Crippen LogP contribution in [0.2, 0.25) is 0 Å². The first kappa shape index (κ1) is 81.3. The number of halogens is 2. The summed E-state index contributed by atoms with van der Waals surface area (Å²) >= 11 is 9.48. The predicted octanol–water partition coefficient (Wildman–Crippen LogP) is 41.1. The maximum Gasteiger partial charge on any atom is 0.159 e. The highest BCUT2D eigenvalue weighted by Gasteiger charge is 2.30. The smallest absolute Gasteiger partial charge is 0.159 e. The van der Waals surface area contributed by atoms with Crippen molar-refractivity contribution in [3.05, 3.63) is 455 Å². The number of para-hydroxylation sites is 2. The zero-order valence-corrected chi connectivity index (χ0v) is 79.9. The highest BCUT2D eigenvalue weighted by Crippen LogP contribution is 2.58. The molecule has 25 aromatic carbocycles. The molecule has 7 aromatic heterocycles. The number of nitrogens with zero attached hydrogens (tertiary/aromatic N) is 1. The molecule has 660 valence electrons. The van der Waals surface area contributed by atoms with Crippen LogP contribution in [0.1, 0.15) is 0 Å². The summed E-state index contributed by atoms with van der Waals surface area (Å²) < 4.78 is 48.8. The van der Waals surface area contributed by atoms with Crippen molar-refractivity contribution in [2.45, 2.75) is 0 Å². The summed E-state index contributed by atoms with van der Waals surface area (Å²) in [6.45, 7) is 0. The molecule has 2 nitrogen and oxygen atoms in total. The number of pyridine rings is 1. The number of fused-ring (bicyclic) bond motifs is 31. The summed E-state index contributed by atoms with van der Waals surface area (Å²) in [5.41, 5.74) is 17.5. The lowest BCUT2D eigenvalue weighted by atomic mass is 9.82. The maximum atomic E-state index is 14.8. The van der Waals surface area contributed by atoms with Crippen molar-refractivity contribution in [2.24, 2.45) is 0 Å². The van der Waals surface area contributed by atoms with Crippen LogP contribution in [-0.4, -0.2) is 4.98 Å². The second kappa shape index (κ2) is 31.9. The number of furan rings is 1. The fourth-order valence-electron chi connectivity index (χ4n) is 23.6.